The summed E-state index contributed by atoms with van der Waals surface area (Å²) >= 11 is 24.4. The highest BCUT2D eigenvalue weighted by Gasteiger charge is 2.20. The molecule has 0 aliphatic carbocycles. The quantitative estimate of drug-likeness (QED) is 0.697. The highest BCUT2D eigenvalue weighted by atomic mass is 35.5. The topological polar surface area (TPSA) is 35.6 Å². The molecule has 27 heavy (non-hydrogen) atoms. The van der Waals surface area contributed by atoms with E-state index in [1.165, 1.54) is 0 Å². The van der Waals surface area contributed by atoms with Gasteiger partial charge in [0.25, 0.3) is 0 Å². The molecule has 0 spiro atoms. The standard InChI is InChI=1S/C19H19Cl4N3O/c20-15-2-1-3-16(21)14(15)11-25-6-8-26(9-7-25)12-19(27)24-13-4-5-17(22)18(23)10-13/h1-5,10H,6-9,11-12H2,(H,24,27). The van der Waals surface area contributed by atoms with Crippen LogP contribution in [0.5, 0.6) is 0 Å². The van der Waals surface area contributed by atoms with Crippen molar-refractivity contribution in [2.75, 3.05) is 38.0 Å². The van der Waals surface area contributed by atoms with E-state index in [4.69, 9.17) is 46.4 Å². The van der Waals surface area contributed by atoms with Crippen molar-refractivity contribution in [1.82, 2.24) is 9.80 Å². The maximum absolute atomic E-state index is 12.3. The molecule has 1 N–H and O–H groups in total. The average Bonchev–Trinajstić information content (AvgIpc) is 2.63. The lowest BCUT2D eigenvalue weighted by Crippen LogP contribution is -2.48. The number of rotatable bonds is 5. The highest BCUT2D eigenvalue weighted by molar-refractivity contribution is 6.42. The van der Waals surface area contributed by atoms with Gasteiger partial charge in [-0.25, -0.2) is 0 Å². The van der Waals surface area contributed by atoms with Crippen molar-refractivity contribution in [2.24, 2.45) is 0 Å². The summed E-state index contributed by atoms with van der Waals surface area (Å²) in [6, 6.07) is 10.6. The summed E-state index contributed by atoms with van der Waals surface area (Å²) in [6.45, 7) is 4.35. The molecular weight excluding hydrogens is 428 g/mol. The smallest absolute Gasteiger partial charge is 0.238 e. The average molecular weight is 447 g/mol. The molecule has 0 atom stereocenters. The van der Waals surface area contributed by atoms with Gasteiger partial charge in [0.2, 0.25) is 5.91 Å². The first-order valence-electron chi connectivity index (χ1n) is 8.55. The second-order valence-electron chi connectivity index (χ2n) is 6.43. The van der Waals surface area contributed by atoms with E-state index in [0.717, 1.165) is 31.7 Å². The van der Waals surface area contributed by atoms with Crippen LogP contribution in [-0.4, -0.2) is 48.4 Å². The molecule has 0 radical (unpaired) electrons. The van der Waals surface area contributed by atoms with Crippen molar-refractivity contribution in [2.45, 2.75) is 6.54 Å². The van der Waals surface area contributed by atoms with Gasteiger partial charge in [0.15, 0.2) is 0 Å². The van der Waals surface area contributed by atoms with Gasteiger partial charge in [-0.1, -0.05) is 52.5 Å². The largest absolute Gasteiger partial charge is 0.325 e. The Labute approximate surface area is 178 Å². The van der Waals surface area contributed by atoms with E-state index < -0.39 is 0 Å². The fourth-order valence-electron chi connectivity index (χ4n) is 2.99. The number of hydrogen-bond acceptors (Lipinski definition) is 3. The minimum absolute atomic E-state index is 0.0732. The molecule has 0 saturated carbocycles. The molecular formula is C19H19Cl4N3O. The summed E-state index contributed by atoms with van der Waals surface area (Å²) in [6.07, 6.45) is 0. The highest BCUT2D eigenvalue weighted by Crippen LogP contribution is 2.26. The zero-order valence-electron chi connectivity index (χ0n) is 14.5. The Hall–Kier alpha value is -1.01. The molecule has 0 bridgehead atoms. The van der Waals surface area contributed by atoms with E-state index in [1.54, 1.807) is 18.2 Å². The van der Waals surface area contributed by atoms with Gasteiger partial charge in [0.1, 0.15) is 0 Å². The molecule has 1 fully saturated rings. The van der Waals surface area contributed by atoms with Crippen LogP contribution in [0.15, 0.2) is 36.4 Å². The Balaban J connectivity index is 1.47. The van der Waals surface area contributed by atoms with E-state index in [2.05, 4.69) is 15.1 Å². The Bertz CT molecular complexity index is 802. The van der Waals surface area contributed by atoms with Crippen molar-refractivity contribution in [3.8, 4) is 0 Å². The zero-order chi connectivity index (χ0) is 19.4. The van der Waals surface area contributed by atoms with Gasteiger partial charge in [0, 0.05) is 54.0 Å². The first kappa shape index (κ1) is 20.7. The molecule has 1 aliphatic rings. The van der Waals surface area contributed by atoms with Gasteiger partial charge < -0.3 is 5.32 Å². The van der Waals surface area contributed by atoms with Gasteiger partial charge in [-0.2, -0.15) is 0 Å². The number of nitrogens with one attached hydrogen (secondary N) is 1. The lowest BCUT2D eigenvalue weighted by Gasteiger charge is -2.34. The number of carbonyl (C=O) groups excluding carboxylic acids is 1. The van der Waals surface area contributed by atoms with Gasteiger partial charge >= 0.3 is 0 Å². The molecule has 8 heteroatoms. The van der Waals surface area contributed by atoms with Crippen molar-refractivity contribution in [3.63, 3.8) is 0 Å². The predicted molar refractivity (Wildman–Crippen MR) is 113 cm³/mol. The zero-order valence-corrected chi connectivity index (χ0v) is 17.5. The predicted octanol–water partition coefficient (Wildman–Crippen LogP) is 5.06. The number of piperazine rings is 1. The summed E-state index contributed by atoms with van der Waals surface area (Å²) in [5.74, 6) is -0.0732. The van der Waals surface area contributed by atoms with E-state index in [-0.39, 0.29) is 5.91 Å². The number of amides is 1. The number of halogens is 4. The van der Waals surface area contributed by atoms with Crippen molar-refractivity contribution in [1.29, 1.82) is 0 Å². The van der Waals surface area contributed by atoms with Crippen molar-refractivity contribution in [3.05, 3.63) is 62.1 Å². The van der Waals surface area contributed by atoms with Crippen LogP contribution >= 0.6 is 46.4 Å². The molecule has 1 saturated heterocycles. The number of nitrogens with zero attached hydrogens (tertiary/aromatic N) is 2. The molecule has 1 amide bonds. The first-order chi connectivity index (χ1) is 12.9. The van der Waals surface area contributed by atoms with Gasteiger partial charge in [-0.05, 0) is 30.3 Å². The Kier molecular flexibility index (Phi) is 7.26. The molecule has 3 rings (SSSR count). The Morgan fingerprint density at radius 1 is 0.852 bits per heavy atom. The number of benzene rings is 2. The van der Waals surface area contributed by atoms with Crippen LogP contribution in [0.25, 0.3) is 0 Å². The fourth-order valence-corrected chi connectivity index (χ4v) is 3.81. The Morgan fingerprint density at radius 2 is 1.48 bits per heavy atom. The van der Waals surface area contributed by atoms with Gasteiger partial charge in [0.05, 0.1) is 16.6 Å². The second-order valence-corrected chi connectivity index (χ2v) is 8.06. The fraction of sp³-hybridized carbons (Fsp3) is 0.316. The maximum Gasteiger partial charge on any atom is 0.238 e. The van der Waals surface area contributed by atoms with E-state index in [1.807, 2.05) is 18.2 Å². The third-order valence-corrected chi connectivity index (χ3v) is 5.93. The number of hydrogen-bond donors (Lipinski definition) is 1. The molecule has 1 heterocycles. The van der Waals surface area contributed by atoms with Crippen LogP contribution in [0.2, 0.25) is 20.1 Å². The van der Waals surface area contributed by atoms with Crippen LogP contribution in [0, 0.1) is 0 Å². The van der Waals surface area contributed by atoms with Crippen molar-refractivity contribution >= 4 is 58.0 Å². The third-order valence-electron chi connectivity index (χ3n) is 4.48. The van der Waals surface area contributed by atoms with Crippen LogP contribution in [-0.2, 0) is 11.3 Å². The normalized spacial score (nSPS) is 15.7. The summed E-state index contributed by atoms with van der Waals surface area (Å²) in [7, 11) is 0. The van der Waals surface area contributed by atoms with E-state index >= 15 is 0 Å². The van der Waals surface area contributed by atoms with Crippen LogP contribution in [0.4, 0.5) is 5.69 Å². The van der Waals surface area contributed by atoms with Crippen molar-refractivity contribution < 1.29 is 4.79 Å². The maximum atomic E-state index is 12.3. The monoisotopic (exact) mass is 445 g/mol. The van der Waals surface area contributed by atoms with Gasteiger partial charge in [-0.3, -0.25) is 14.6 Å². The van der Waals surface area contributed by atoms with Crippen LogP contribution in [0.1, 0.15) is 5.56 Å². The molecule has 2 aromatic rings. The minimum atomic E-state index is -0.0732. The summed E-state index contributed by atoms with van der Waals surface area (Å²) in [4.78, 5) is 16.7. The molecule has 4 nitrogen and oxygen atoms in total. The van der Waals surface area contributed by atoms with Gasteiger partial charge in [-0.15, -0.1) is 0 Å². The SMILES string of the molecule is O=C(CN1CCN(Cc2c(Cl)cccc2Cl)CC1)Nc1ccc(Cl)c(Cl)c1. The Morgan fingerprint density at radius 3 is 2.11 bits per heavy atom. The summed E-state index contributed by atoms with van der Waals surface area (Å²) in [5, 5.41) is 5.10. The number of carbonyl (C=O) groups is 1. The summed E-state index contributed by atoms with van der Waals surface area (Å²) < 4.78 is 0. The molecule has 2 aromatic carbocycles. The molecule has 144 valence electrons. The number of anilines is 1. The van der Waals surface area contributed by atoms with Crippen LogP contribution < -0.4 is 5.32 Å². The molecule has 0 unspecified atom stereocenters. The lowest BCUT2D eigenvalue weighted by atomic mass is 10.2. The van der Waals surface area contributed by atoms with Crippen LogP contribution in [0.3, 0.4) is 0 Å². The lowest BCUT2D eigenvalue weighted by molar-refractivity contribution is -0.117. The van der Waals surface area contributed by atoms with E-state index in [9.17, 15) is 4.79 Å². The molecule has 0 aromatic heterocycles. The first-order valence-corrected chi connectivity index (χ1v) is 10.1. The second kappa shape index (κ2) is 9.46. The third kappa shape index (κ3) is 5.74. The molecule has 1 aliphatic heterocycles. The summed E-state index contributed by atoms with van der Waals surface area (Å²) in [5.41, 5.74) is 1.59. The minimum Gasteiger partial charge on any atom is -0.325 e. The van der Waals surface area contributed by atoms with E-state index in [0.29, 0.717) is 38.9 Å².